The van der Waals surface area contributed by atoms with E-state index in [1.54, 1.807) is 13.2 Å². The Morgan fingerprint density at radius 2 is 1.77 bits per heavy atom. The van der Waals surface area contributed by atoms with Crippen LogP contribution >= 0.6 is 12.2 Å². The fraction of sp³-hybridized carbons (Fsp3) is 0.125. The predicted molar refractivity (Wildman–Crippen MR) is 123 cm³/mol. The summed E-state index contributed by atoms with van der Waals surface area (Å²) < 4.78 is 5.50. The molecule has 0 radical (unpaired) electrons. The van der Waals surface area contributed by atoms with E-state index in [0.29, 0.717) is 17.0 Å². The molecule has 0 bridgehead atoms. The highest BCUT2D eigenvalue weighted by molar-refractivity contribution is 7.80. The van der Waals surface area contributed by atoms with E-state index in [9.17, 15) is 9.59 Å². The molecule has 0 aliphatic carbocycles. The van der Waals surface area contributed by atoms with Gasteiger partial charge in [-0.3, -0.25) is 19.8 Å². The molecular formula is C24H20N2O3S. The smallest absolute Gasteiger partial charge is 0.270 e. The van der Waals surface area contributed by atoms with E-state index in [0.717, 1.165) is 22.8 Å². The molecule has 1 saturated heterocycles. The molecule has 0 aromatic heterocycles. The number of carbonyl (C=O) groups excluding carboxylic acids is 2. The Kier molecular flexibility index (Phi) is 5.33. The van der Waals surface area contributed by atoms with Crippen LogP contribution in [0.5, 0.6) is 5.75 Å². The van der Waals surface area contributed by atoms with Crippen LogP contribution in [0, 0.1) is 0 Å². The van der Waals surface area contributed by atoms with Crippen LogP contribution in [-0.2, 0) is 16.0 Å². The fourth-order valence-electron chi connectivity index (χ4n) is 3.52. The lowest BCUT2D eigenvalue weighted by Crippen LogP contribution is -2.54. The lowest BCUT2D eigenvalue weighted by molar-refractivity contribution is -0.122. The number of methoxy groups -OCH3 is 1. The number of hydrogen-bond acceptors (Lipinski definition) is 4. The Hall–Kier alpha value is -3.51. The molecule has 3 aromatic rings. The van der Waals surface area contributed by atoms with Crippen LogP contribution in [0.15, 0.2) is 66.2 Å². The maximum atomic E-state index is 13.3. The van der Waals surface area contributed by atoms with E-state index >= 15 is 0 Å². The van der Waals surface area contributed by atoms with Crippen LogP contribution < -0.4 is 15.0 Å². The fourth-order valence-corrected chi connectivity index (χ4v) is 3.80. The number of fused-ring (bicyclic) bond motifs is 1. The van der Waals surface area contributed by atoms with Crippen molar-refractivity contribution in [3.63, 3.8) is 0 Å². The topological polar surface area (TPSA) is 58.6 Å². The Labute approximate surface area is 179 Å². The van der Waals surface area contributed by atoms with Gasteiger partial charge in [0.2, 0.25) is 0 Å². The minimum Gasteiger partial charge on any atom is -0.496 e. The van der Waals surface area contributed by atoms with Crippen LogP contribution in [0.4, 0.5) is 5.69 Å². The van der Waals surface area contributed by atoms with Gasteiger partial charge in [0.1, 0.15) is 11.3 Å². The van der Waals surface area contributed by atoms with Crippen molar-refractivity contribution in [1.29, 1.82) is 0 Å². The van der Waals surface area contributed by atoms with Crippen molar-refractivity contribution in [1.82, 2.24) is 5.32 Å². The van der Waals surface area contributed by atoms with E-state index in [4.69, 9.17) is 17.0 Å². The lowest BCUT2D eigenvalue weighted by Gasteiger charge is -2.29. The zero-order chi connectivity index (χ0) is 21.3. The minimum absolute atomic E-state index is 0.00202. The molecule has 0 atom stereocenters. The van der Waals surface area contributed by atoms with Crippen LogP contribution in [-0.4, -0.2) is 24.0 Å². The summed E-state index contributed by atoms with van der Waals surface area (Å²) >= 11 is 5.29. The quantitative estimate of drug-likeness (QED) is 0.393. The number of aryl methyl sites for hydroxylation is 1. The molecule has 1 fully saturated rings. The largest absolute Gasteiger partial charge is 0.496 e. The van der Waals surface area contributed by atoms with Crippen LogP contribution in [0.25, 0.3) is 16.8 Å². The van der Waals surface area contributed by atoms with E-state index in [1.165, 1.54) is 4.90 Å². The normalized spacial score (nSPS) is 15.6. The number of carbonyl (C=O) groups is 2. The number of rotatable bonds is 4. The van der Waals surface area contributed by atoms with Crippen molar-refractivity contribution < 1.29 is 14.3 Å². The van der Waals surface area contributed by atoms with Gasteiger partial charge in [-0.15, -0.1) is 0 Å². The number of nitrogens with zero attached hydrogens (tertiary/aromatic N) is 1. The first-order valence-corrected chi connectivity index (χ1v) is 10.0. The second-order valence-electron chi connectivity index (χ2n) is 6.88. The van der Waals surface area contributed by atoms with Gasteiger partial charge in [0.15, 0.2) is 5.11 Å². The summed E-state index contributed by atoms with van der Waals surface area (Å²) in [5.41, 5.74) is 2.42. The molecule has 4 rings (SSSR count). The summed E-state index contributed by atoms with van der Waals surface area (Å²) in [5, 5.41) is 4.57. The second-order valence-corrected chi connectivity index (χ2v) is 7.27. The van der Waals surface area contributed by atoms with Crippen molar-refractivity contribution in [3.05, 3.63) is 77.4 Å². The summed E-state index contributed by atoms with van der Waals surface area (Å²) in [5.74, 6) is -0.418. The number of anilines is 1. The van der Waals surface area contributed by atoms with Gasteiger partial charge in [0, 0.05) is 5.56 Å². The molecule has 30 heavy (non-hydrogen) atoms. The van der Waals surface area contributed by atoms with E-state index in [-0.39, 0.29) is 10.7 Å². The first kappa shape index (κ1) is 19.8. The van der Waals surface area contributed by atoms with Crippen molar-refractivity contribution in [2.24, 2.45) is 0 Å². The zero-order valence-corrected chi connectivity index (χ0v) is 17.5. The van der Waals surface area contributed by atoms with Crippen molar-refractivity contribution >= 4 is 51.7 Å². The van der Waals surface area contributed by atoms with Gasteiger partial charge in [-0.25, -0.2) is 0 Å². The third-order valence-electron chi connectivity index (χ3n) is 5.14. The molecule has 2 amide bonds. The number of thiocarbonyl (C=S) groups is 1. The van der Waals surface area contributed by atoms with Crippen molar-refractivity contribution in [2.75, 3.05) is 12.0 Å². The van der Waals surface area contributed by atoms with Gasteiger partial charge >= 0.3 is 0 Å². The molecular weight excluding hydrogens is 396 g/mol. The van der Waals surface area contributed by atoms with Gasteiger partial charge in [0.25, 0.3) is 11.8 Å². The van der Waals surface area contributed by atoms with Crippen LogP contribution in [0.3, 0.4) is 0 Å². The maximum absolute atomic E-state index is 13.3. The van der Waals surface area contributed by atoms with Crippen molar-refractivity contribution in [2.45, 2.75) is 13.3 Å². The Bertz CT molecular complexity index is 1200. The van der Waals surface area contributed by atoms with Gasteiger partial charge < -0.3 is 4.74 Å². The first-order valence-electron chi connectivity index (χ1n) is 9.59. The Morgan fingerprint density at radius 3 is 2.47 bits per heavy atom. The second kappa shape index (κ2) is 8.08. The van der Waals surface area contributed by atoms with Gasteiger partial charge in [-0.05, 0) is 59.2 Å². The summed E-state index contributed by atoms with van der Waals surface area (Å²) in [4.78, 5) is 27.3. The molecule has 5 nitrogen and oxygen atoms in total. The van der Waals surface area contributed by atoms with Gasteiger partial charge in [-0.1, -0.05) is 49.4 Å². The number of ether oxygens (including phenoxy) is 1. The van der Waals surface area contributed by atoms with Crippen molar-refractivity contribution in [3.8, 4) is 5.75 Å². The molecule has 150 valence electrons. The molecule has 1 aliphatic heterocycles. The van der Waals surface area contributed by atoms with E-state index in [1.807, 2.05) is 60.7 Å². The third kappa shape index (κ3) is 3.46. The highest BCUT2D eigenvalue weighted by Gasteiger charge is 2.34. The Balaban J connectivity index is 1.83. The minimum atomic E-state index is -0.526. The third-order valence-corrected chi connectivity index (χ3v) is 5.43. The monoisotopic (exact) mass is 416 g/mol. The molecule has 1 N–H and O–H groups in total. The summed E-state index contributed by atoms with van der Waals surface area (Å²) in [7, 11) is 1.56. The molecule has 6 heteroatoms. The van der Waals surface area contributed by atoms with E-state index < -0.39 is 11.8 Å². The molecule has 0 spiro atoms. The van der Waals surface area contributed by atoms with Gasteiger partial charge in [-0.2, -0.15) is 0 Å². The molecule has 0 unspecified atom stereocenters. The number of benzene rings is 3. The number of hydrogen-bond donors (Lipinski definition) is 1. The first-order chi connectivity index (χ1) is 14.5. The average molecular weight is 417 g/mol. The highest BCUT2D eigenvalue weighted by Crippen LogP contribution is 2.31. The maximum Gasteiger partial charge on any atom is 0.270 e. The summed E-state index contributed by atoms with van der Waals surface area (Å²) in [6.45, 7) is 2.06. The van der Waals surface area contributed by atoms with Crippen LogP contribution in [0.2, 0.25) is 0 Å². The molecule has 0 saturated carbocycles. The molecule has 1 aliphatic rings. The predicted octanol–water partition coefficient (Wildman–Crippen LogP) is 4.24. The molecule has 1 heterocycles. The van der Waals surface area contributed by atoms with Gasteiger partial charge in [0.05, 0.1) is 12.8 Å². The highest BCUT2D eigenvalue weighted by atomic mass is 32.1. The SMILES string of the molecule is CCc1ccc(N2C(=O)/C(=C\c3c(OC)ccc4ccccc34)C(=O)NC2=S)cc1. The van der Waals surface area contributed by atoms with E-state index in [2.05, 4.69) is 12.2 Å². The standard InChI is InChI=1S/C24H20N2O3S/c1-3-15-8-11-17(12-9-15)26-23(28)20(22(27)25-24(26)30)14-19-18-7-5-4-6-16(18)10-13-21(19)29-2/h4-14H,3H2,1-2H3,(H,25,27,30)/b20-14-. The van der Waals surface area contributed by atoms with Crippen LogP contribution in [0.1, 0.15) is 18.1 Å². The lowest BCUT2D eigenvalue weighted by atomic mass is 9.99. The summed E-state index contributed by atoms with van der Waals surface area (Å²) in [6, 6.07) is 19.1. The molecule has 3 aromatic carbocycles. The summed E-state index contributed by atoms with van der Waals surface area (Å²) in [6.07, 6.45) is 2.47. The zero-order valence-electron chi connectivity index (χ0n) is 16.6. The average Bonchev–Trinajstić information content (AvgIpc) is 2.76. The Morgan fingerprint density at radius 1 is 1.03 bits per heavy atom. The number of amides is 2. The number of nitrogens with one attached hydrogen (secondary N) is 1.